The van der Waals surface area contributed by atoms with Crippen molar-refractivity contribution in [3.8, 4) is 0 Å². The third-order valence-corrected chi connectivity index (χ3v) is 6.24. The molecule has 2 N–H and O–H groups in total. The Morgan fingerprint density at radius 2 is 2.03 bits per heavy atom. The Morgan fingerprint density at radius 1 is 1.33 bits per heavy atom. The lowest BCUT2D eigenvalue weighted by molar-refractivity contribution is -0.00901. The molecule has 1 aromatic heterocycles. The van der Waals surface area contributed by atoms with Crippen LogP contribution in [0.4, 0.5) is 4.79 Å². The van der Waals surface area contributed by atoms with Gasteiger partial charge in [-0.15, -0.1) is 0 Å². The third-order valence-electron chi connectivity index (χ3n) is 6.24. The molecule has 1 aliphatic heterocycles. The maximum atomic E-state index is 13.1. The van der Waals surface area contributed by atoms with Crippen LogP contribution in [0.2, 0.25) is 0 Å². The van der Waals surface area contributed by atoms with Gasteiger partial charge in [0.2, 0.25) is 0 Å². The lowest BCUT2D eigenvalue weighted by atomic mass is 9.75. The summed E-state index contributed by atoms with van der Waals surface area (Å²) in [6, 6.07) is 1.19. The van der Waals surface area contributed by atoms with E-state index in [1.165, 1.54) is 0 Å². The molecular weight excluding hydrogens is 384 g/mol. The van der Waals surface area contributed by atoms with E-state index in [1.807, 2.05) is 20.8 Å². The molecule has 0 unspecified atom stereocenters. The number of aromatic nitrogens is 2. The number of hydrogen-bond acceptors (Lipinski definition) is 6. The van der Waals surface area contributed by atoms with Gasteiger partial charge in [0, 0.05) is 24.2 Å². The highest BCUT2D eigenvalue weighted by Crippen LogP contribution is 2.48. The number of fused-ring (bicyclic) bond motifs is 1. The van der Waals surface area contributed by atoms with E-state index in [-0.39, 0.29) is 30.6 Å². The van der Waals surface area contributed by atoms with Crippen LogP contribution in [0.5, 0.6) is 0 Å². The van der Waals surface area contributed by atoms with Crippen LogP contribution in [0.3, 0.4) is 0 Å². The molecule has 0 radical (unpaired) electrons. The molecular formula is C22H34N4O4. The van der Waals surface area contributed by atoms with Crippen molar-refractivity contribution in [1.82, 2.24) is 20.2 Å². The topological polar surface area (TPSA) is 105 Å². The summed E-state index contributed by atoms with van der Waals surface area (Å²) in [6.45, 7) is 9.59. The van der Waals surface area contributed by atoms with Crippen LogP contribution >= 0.6 is 0 Å². The van der Waals surface area contributed by atoms with Gasteiger partial charge in [0.15, 0.2) is 0 Å². The number of amides is 2. The Bertz CT molecular complexity index is 794. The zero-order chi connectivity index (χ0) is 22.1. The van der Waals surface area contributed by atoms with Crippen LogP contribution in [-0.4, -0.2) is 62.3 Å². The minimum Gasteiger partial charge on any atom is -0.444 e. The number of aliphatic hydroxyl groups is 1. The number of carbonyl (C=O) groups is 2. The fraction of sp³-hybridized carbons (Fsp3) is 0.727. The largest absolute Gasteiger partial charge is 0.444 e. The van der Waals surface area contributed by atoms with Gasteiger partial charge >= 0.3 is 6.09 Å². The standard InChI is InChI=1S/C22H34N4O4/c1-14-23-11-10-16(25-14)19(28)24-13-15-12-22(5)17(8-6-7-9-18(22)27)26(15)20(29)30-21(2,3)4/h10-11,15,17-18,27H,6-9,12-13H2,1-5H3,(H,24,28)/t15-,17-,18+,22-/m1/s1. The molecule has 2 amide bonds. The number of rotatable bonds is 3. The van der Waals surface area contributed by atoms with Crippen molar-refractivity contribution in [1.29, 1.82) is 0 Å². The first-order chi connectivity index (χ1) is 14.0. The zero-order valence-corrected chi connectivity index (χ0v) is 18.6. The average Bonchev–Trinajstić information content (AvgIpc) is 2.86. The molecule has 0 aromatic carbocycles. The molecule has 0 spiro atoms. The second-order valence-electron chi connectivity index (χ2n) is 9.77. The summed E-state index contributed by atoms with van der Waals surface area (Å²) in [6.07, 6.45) is 4.75. The smallest absolute Gasteiger partial charge is 0.410 e. The number of nitrogens with one attached hydrogen (secondary N) is 1. The average molecular weight is 419 g/mol. The SMILES string of the molecule is Cc1nccc(C(=O)NC[C@H]2C[C@@]3(C)[C@@H](O)CCCC[C@H]3N2C(=O)OC(C)(C)C)n1. The fourth-order valence-electron chi connectivity index (χ4n) is 4.79. The lowest BCUT2D eigenvalue weighted by Crippen LogP contribution is -2.50. The molecule has 0 bridgehead atoms. The van der Waals surface area contributed by atoms with Gasteiger partial charge in [0.05, 0.1) is 12.1 Å². The van der Waals surface area contributed by atoms with Crippen molar-refractivity contribution >= 4 is 12.0 Å². The highest BCUT2D eigenvalue weighted by atomic mass is 16.6. The molecule has 2 aliphatic rings. The highest BCUT2D eigenvalue weighted by Gasteiger charge is 2.55. The van der Waals surface area contributed by atoms with Crippen molar-refractivity contribution in [3.05, 3.63) is 23.8 Å². The Balaban J connectivity index is 1.81. The molecule has 2 heterocycles. The second-order valence-corrected chi connectivity index (χ2v) is 9.77. The summed E-state index contributed by atoms with van der Waals surface area (Å²) in [5, 5.41) is 13.8. The van der Waals surface area contributed by atoms with Crippen LogP contribution in [-0.2, 0) is 4.74 Å². The van der Waals surface area contributed by atoms with Crippen LogP contribution in [0.25, 0.3) is 0 Å². The minimum atomic E-state index is -0.619. The van der Waals surface area contributed by atoms with Crippen molar-refractivity contribution in [3.63, 3.8) is 0 Å². The van der Waals surface area contributed by atoms with Crippen molar-refractivity contribution < 1.29 is 19.4 Å². The number of aryl methyl sites for hydroxylation is 1. The quantitative estimate of drug-likeness (QED) is 0.782. The van der Waals surface area contributed by atoms with Crippen LogP contribution in [0, 0.1) is 12.3 Å². The molecule has 8 heteroatoms. The maximum absolute atomic E-state index is 13.1. The molecule has 1 saturated carbocycles. The van der Waals surface area contributed by atoms with Gasteiger partial charge < -0.3 is 15.2 Å². The molecule has 30 heavy (non-hydrogen) atoms. The normalized spacial score (nSPS) is 29.1. The molecule has 2 fully saturated rings. The summed E-state index contributed by atoms with van der Waals surface area (Å²) in [5.41, 5.74) is -0.746. The summed E-state index contributed by atoms with van der Waals surface area (Å²) in [5.74, 6) is 0.222. The number of likely N-dealkylation sites (tertiary alicyclic amines) is 1. The summed E-state index contributed by atoms with van der Waals surface area (Å²) < 4.78 is 5.70. The van der Waals surface area contributed by atoms with Crippen LogP contribution in [0.15, 0.2) is 12.3 Å². The highest BCUT2D eigenvalue weighted by molar-refractivity contribution is 5.92. The number of aliphatic hydroxyl groups excluding tert-OH is 1. The van der Waals surface area contributed by atoms with E-state index in [9.17, 15) is 14.7 Å². The number of ether oxygens (including phenoxy) is 1. The monoisotopic (exact) mass is 418 g/mol. The van der Waals surface area contributed by atoms with Gasteiger partial charge in [-0.05, 0) is 53.0 Å². The first-order valence-electron chi connectivity index (χ1n) is 10.8. The van der Waals surface area contributed by atoms with E-state index in [0.29, 0.717) is 17.9 Å². The van der Waals surface area contributed by atoms with Gasteiger partial charge in [-0.1, -0.05) is 19.8 Å². The van der Waals surface area contributed by atoms with Gasteiger partial charge in [-0.2, -0.15) is 0 Å². The molecule has 166 valence electrons. The predicted molar refractivity (Wildman–Crippen MR) is 112 cm³/mol. The molecule has 3 rings (SSSR count). The van der Waals surface area contributed by atoms with E-state index in [0.717, 1.165) is 25.7 Å². The zero-order valence-electron chi connectivity index (χ0n) is 18.6. The summed E-state index contributed by atoms with van der Waals surface area (Å²) >= 11 is 0. The summed E-state index contributed by atoms with van der Waals surface area (Å²) in [7, 11) is 0. The van der Waals surface area contributed by atoms with E-state index in [4.69, 9.17) is 4.74 Å². The van der Waals surface area contributed by atoms with Gasteiger partial charge in [0.1, 0.15) is 17.1 Å². The molecule has 4 atom stereocenters. The molecule has 1 aliphatic carbocycles. The Morgan fingerprint density at radius 3 is 2.70 bits per heavy atom. The molecule has 1 saturated heterocycles. The van der Waals surface area contributed by atoms with Crippen molar-refractivity contribution in [2.24, 2.45) is 5.41 Å². The first kappa shape index (κ1) is 22.5. The van der Waals surface area contributed by atoms with Crippen molar-refractivity contribution in [2.45, 2.75) is 90.5 Å². The summed E-state index contributed by atoms with van der Waals surface area (Å²) in [4.78, 5) is 35.7. The first-order valence-corrected chi connectivity index (χ1v) is 10.8. The Labute approximate surface area is 178 Å². The fourth-order valence-corrected chi connectivity index (χ4v) is 4.79. The molecule has 8 nitrogen and oxygen atoms in total. The van der Waals surface area contributed by atoms with E-state index >= 15 is 0 Å². The number of carbonyl (C=O) groups excluding carboxylic acids is 2. The third kappa shape index (κ3) is 4.74. The van der Waals surface area contributed by atoms with Gasteiger partial charge in [-0.3, -0.25) is 9.69 Å². The van der Waals surface area contributed by atoms with Crippen LogP contribution in [0.1, 0.15) is 76.1 Å². The second kappa shape index (κ2) is 8.49. The van der Waals surface area contributed by atoms with Crippen LogP contribution < -0.4 is 5.32 Å². The molecule has 1 aromatic rings. The maximum Gasteiger partial charge on any atom is 0.410 e. The van der Waals surface area contributed by atoms with E-state index < -0.39 is 17.1 Å². The van der Waals surface area contributed by atoms with E-state index in [2.05, 4.69) is 22.2 Å². The lowest BCUT2D eigenvalue weighted by Gasteiger charge is -2.37. The number of nitrogens with zero attached hydrogens (tertiary/aromatic N) is 3. The predicted octanol–water partition coefficient (Wildman–Crippen LogP) is 2.83. The van der Waals surface area contributed by atoms with E-state index in [1.54, 1.807) is 24.1 Å². The minimum absolute atomic E-state index is 0.118. The Kier molecular flexibility index (Phi) is 6.36. The van der Waals surface area contributed by atoms with Crippen molar-refractivity contribution in [2.75, 3.05) is 6.54 Å². The number of hydrogen-bond donors (Lipinski definition) is 2. The van der Waals surface area contributed by atoms with Gasteiger partial charge in [0.25, 0.3) is 5.91 Å². The Hall–Kier alpha value is -2.22. The van der Waals surface area contributed by atoms with Gasteiger partial charge in [-0.25, -0.2) is 14.8 Å².